The molecule has 1 N–H and O–H groups in total. The summed E-state index contributed by atoms with van der Waals surface area (Å²) in [5, 5.41) is 4.02. The van der Waals surface area contributed by atoms with Crippen LogP contribution < -0.4 is 5.32 Å². The maximum Gasteiger partial charge on any atom is 0.0944 e. The maximum atomic E-state index is 5.51. The number of allylic oxidation sites excluding steroid dienone is 2. The van der Waals surface area contributed by atoms with Gasteiger partial charge in [0.2, 0.25) is 0 Å². The predicted octanol–water partition coefficient (Wildman–Crippen LogP) is 15.1. The van der Waals surface area contributed by atoms with Crippen LogP contribution in [-0.4, -0.2) is 11.8 Å². The monoisotopic (exact) mass is 812 g/mol. The minimum absolute atomic E-state index is 0.0351. The van der Waals surface area contributed by atoms with Gasteiger partial charge in [0, 0.05) is 16.4 Å². The Hall–Kier alpha value is -6.77. The molecule has 1 heterocycles. The van der Waals surface area contributed by atoms with E-state index in [0.29, 0.717) is 0 Å². The van der Waals surface area contributed by atoms with Gasteiger partial charge < -0.3 is 5.32 Å². The topological polar surface area (TPSA) is 24.4 Å². The molecule has 12 rings (SSSR count). The zero-order chi connectivity index (χ0) is 42.1. The van der Waals surface area contributed by atoms with Crippen molar-refractivity contribution in [3.05, 3.63) is 227 Å². The van der Waals surface area contributed by atoms with Gasteiger partial charge in [-0.1, -0.05) is 203 Å². The Morgan fingerprint density at radius 3 is 1.83 bits per heavy atom. The largest absolute Gasteiger partial charge is 0.370 e. The Morgan fingerprint density at radius 1 is 0.492 bits per heavy atom. The van der Waals surface area contributed by atoms with E-state index in [9.17, 15) is 0 Å². The molecule has 0 radical (unpaired) electrons. The van der Waals surface area contributed by atoms with Crippen LogP contribution in [0.25, 0.3) is 55.9 Å². The summed E-state index contributed by atoms with van der Waals surface area (Å²) in [4.78, 5) is 5.51. The molecule has 1 unspecified atom stereocenters. The molecular formula is C61H52N2. The fourth-order valence-electron chi connectivity index (χ4n) is 11.8. The summed E-state index contributed by atoms with van der Waals surface area (Å²) in [6.07, 6.45) is 15.4. The van der Waals surface area contributed by atoms with Crippen LogP contribution >= 0.6 is 0 Å². The number of rotatable bonds is 6. The summed E-state index contributed by atoms with van der Waals surface area (Å²) in [5.41, 5.74) is 24.6. The smallest absolute Gasteiger partial charge is 0.0944 e. The molecule has 0 saturated heterocycles. The molecule has 306 valence electrons. The van der Waals surface area contributed by atoms with Crippen LogP contribution in [0, 0.1) is 0 Å². The quantitative estimate of drug-likeness (QED) is 0.178. The highest BCUT2D eigenvalue weighted by Crippen LogP contribution is 2.61. The molecule has 63 heavy (non-hydrogen) atoms. The van der Waals surface area contributed by atoms with E-state index in [1.54, 1.807) is 11.1 Å². The van der Waals surface area contributed by atoms with Crippen LogP contribution in [0.2, 0.25) is 0 Å². The number of fused-ring (bicyclic) bond motifs is 8. The van der Waals surface area contributed by atoms with Crippen LogP contribution in [0.3, 0.4) is 0 Å². The molecule has 7 aromatic carbocycles. The van der Waals surface area contributed by atoms with Gasteiger partial charge in [-0.25, -0.2) is 4.99 Å². The zero-order valence-corrected chi connectivity index (χ0v) is 36.3. The van der Waals surface area contributed by atoms with Gasteiger partial charge in [-0.3, -0.25) is 0 Å². The van der Waals surface area contributed by atoms with Crippen LogP contribution in [0.4, 0.5) is 0 Å². The van der Waals surface area contributed by atoms with Gasteiger partial charge in [0.05, 0.1) is 23.1 Å². The van der Waals surface area contributed by atoms with Crippen molar-refractivity contribution in [3.8, 4) is 44.5 Å². The highest BCUT2D eigenvalue weighted by Gasteiger charge is 2.47. The molecule has 0 amide bonds. The van der Waals surface area contributed by atoms with Gasteiger partial charge in [-0.05, 0) is 121 Å². The first kappa shape index (κ1) is 37.9. The first-order valence-electron chi connectivity index (χ1n) is 23.2. The third-order valence-electron chi connectivity index (χ3n) is 15.0. The van der Waals surface area contributed by atoms with Crippen LogP contribution in [0.5, 0.6) is 0 Å². The molecule has 1 aliphatic heterocycles. The first-order chi connectivity index (χ1) is 31.0. The maximum absolute atomic E-state index is 5.51. The highest BCUT2D eigenvalue weighted by molar-refractivity contribution is 6.13. The Morgan fingerprint density at radius 2 is 1.11 bits per heavy atom. The molecule has 4 aliphatic carbocycles. The number of benzene rings is 7. The van der Waals surface area contributed by atoms with Gasteiger partial charge in [0.1, 0.15) is 0 Å². The van der Waals surface area contributed by atoms with Gasteiger partial charge in [-0.2, -0.15) is 0 Å². The van der Waals surface area contributed by atoms with Crippen molar-refractivity contribution in [1.82, 2.24) is 5.32 Å². The molecular weight excluding hydrogens is 761 g/mol. The fourth-order valence-corrected chi connectivity index (χ4v) is 11.8. The lowest BCUT2D eigenvalue weighted by Gasteiger charge is -2.36. The van der Waals surface area contributed by atoms with E-state index in [1.807, 2.05) is 0 Å². The molecule has 0 bridgehead atoms. The molecule has 1 saturated carbocycles. The third-order valence-corrected chi connectivity index (χ3v) is 15.0. The van der Waals surface area contributed by atoms with Gasteiger partial charge >= 0.3 is 0 Å². The lowest BCUT2D eigenvalue weighted by Crippen LogP contribution is -2.40. The SMILES string of the molecule is CC1(C)c2ccccc2-c2cc3c(cc21)-c1c(-c2ccc(-c4ccc(C5=C(c6ccccc6)N=C(c6ccccc6)C(C6=CCCC=C6)N5)cc4)cc2)cccc1C31CCCCC1. The van der Waals surface area contributed by atoms with E-state index in [0.717, 1.165) is 46.6 Å². The average Bonchev–Trinajstić information content (AvgIpc) is 3.74. The van der Waals surface area contributed by atoms with E-state index < -0.39 is 0 Å². The van der Waals surface area contributed by atoms with Crippen LogP contribution in [0.1, 0.15) is 97.7 Å². The van der Waals surface area contributed by atoms with Crippen molar-refractivity contribution < 1.29 is 0 Å². The van der Waals surface area contributed by atoms with Crippen molar-refractivity contribution in [1.29, 1.82) is 0 Å². The molecule has 1 fully saturated rings. The van der Waals surface area contributed by atoms with Crippen LogP contribution in [-0.2, 0) is 10.8 Å². The van der Waals surface area contributed by atoms with Crippen LogP contribution in [0.15, 0.2) is 193 Å². The number of aliphatic imine (C=N–C) groups is 1. The van der Waals surface area contributed by atoms with Gasteiger partial charge in [0.15, 0.2) is 0 Å². The van der Waals surface area contributed by atoms with Crippen molar-refractivity contribution in [2.45, 2.75) is 75.7 Å². The number of hydrogen-bond acceptors (Lipinski definition) is 2. The minimum atomic E-state index is -0.0540. The van der Waals surface area contributed by atoms with E-state index in [1.165, 1.54) is 93.3 Å². The second-order valence-electron chi connectivity index (χ2n) is 18.9. The second-order valence-corrected chi connectivity index (χ2v) is 18.9. The summed E-state index contributed by atoms with van der Waals surface area (Å²) >= 11 is 0. The van der Waals surface area contributed by atoms with Crippen molar-refractivity contribution in [2.75, 3.05) is 0 Å². The molecule has 2 heteroatoms. The first-order valence-corrected chi connectivity index (χ1v) is 23.2. The Kier molecular flexibility index (Phi) is 9.01. The lowest BCUT2D eigenvalue weighted by molar-refractivity contribution is 0.353. The summed E-state index contributed by atoms with van der Waals surface area (Å²) in [6, 6.07) is 61.1. The Balaban J connectivity index is 0.914. The summed E-state index contributed by atoms with van der Waals surface area (Å²) in [7, 11) is 0. The standard InChI is InChI=1S/C61H52N2/c1-60(2)51-26-14-13-24-48(51)49-38-54-50(39-53(49)60)55-47(25-17-27-52(55)61(54)36-15-6-16-37-61)42-32-28-40(29-33-42)41-30-34-46(35-31-41)59-58(45-22-11-5-12-23-45)62-56(43-18-7-3-8-19-43)57(63-59)44-20-9-4-10-21-44/h3,5,7-9,11-14,17-35,38-39,57,63H,4,6,10,15-16,36-37H2,1-2H3. The number of nitrogens with zero attached hydrogens (tertiary/aromatic N) is 1. The molecule has 2 nitrogen and oxygen atoms in total. The highest BCUT2D eigenvalue weighted by atomic mass is 15.0. The van der Waals surface area contributed by atoms with E-state index in [-0.39, 0.29) is 16.9 Å². The molecule has 0 aromatic heterocycles. The van der Waals surface area contributed by atoms with E-state index in [4.69, 9.17) is 4.99 Å². The van der Waals surface area contributed by atoms with Crippen molar-refractivity contribution in [2.24, 2.45) is 4.99 Å². The van der Waals surface area contributed by atoms with Crippen molar-refractivity contribution >= 4 is 17.1 Å². The fraction of sp³-hybridized carbons (Fsp3) is 0.197. The zero-order valence-electron chi connectivity index (χ0n) is 36.3. The summed E-state index contributed by atoms with van der Waals surface area (Å²) in [5.74, 6) is 0. The summed E-state index contributed by atoms with van der Waals surface area (Å²) in [6.45, 7) is 4.83. The average molecular weight is 813 g/mol. The molecule has 7 aromatic rings. The molecule has 1 spiro atoms. The summed E-state index contributed by atoms with van der Waals surface area (Å²) < 4.78 is 0. The molecule has 1 atom stereocenters. The minimum Gasteiger partial charge on any atom is -0.370 e. The van der Waals surface area contributed by atoms with Crippen molar-refractivity contribution in [3.63, 3.8) is 0 Å². The van der Waals surface area contributed by atoms with E-state index >= 15 is 0 Å². The normalized spacial score (nSPS) is 18.8. The predicted molar refractivity (Wildman–Crippen MR) is 264 cm³/mol. The third kappa shape index (κ3) is 6.10. The van der Waals surface area contributed by atoms with E-state index in [2.05, 4.69) is 201 Å². The second kappa shape index (κ2) is 15.0. The number of nitrogens with one attached hydrogen (secondary N) is 1. The number of hydrogen-bond donors (Lipinski definition) is 1. The Bertz CT molecular complexity index is 3040. The molecule has 5 aliphatic rings. The van der Waals surface area contributed by atoms with Gasteiger partial charge in [-0.15, -0.1) is 0 Å². The van der Waals surface area contributed by atoms with Gasteiger partial charge in [0.25, 0.3) is 0 Å². The Labute approximate surface area is 372 Å². The lowest BCUT2D eigenvalue weighted by atomic mass is 9.67.